The van der Waals surface area contributed by atoms with E-state index < -0.39 is 0 Å². The molecule has 2 aromatic carbocycles. The highest BCUT2D eigenvalue weighted by atomic mass is 79.9. The van der Waals surface area contributed by atoms with E-state index in [-0.39, 0.29) is 0 Å². The fourth-order valence-corrected chi connectivity index (χ4v) is 3.29. The molecule has 0 saturated carbocycles. The predicted octanol–water partition coefficient (Wildman–Crippen LogP) is 6.61. The number of fused-ring (bicyclic) bond motifs is 1. The Morgan fingerprint density at radius 2 is 1.78 bits per heavy atom. The lowest BCUT2D eigenvalue weighted by molar-refractivity contribution is 1.32. The van der Waals surface area contributed by atoms with Crippen LogP contribution >= 0.6 is 15.9 Å². The summed E-state index contributed by atoms with van der Waals surface area (Å²) in [5, 5.41) is 5.68. The van der Waals surface area contributed by atoms with E-state index in [1.54, 1.807) is 6.20 Å². The summed E-state index contributed by atoms with van der Waals surface area (Å²) in [5.41, 5.74) is 4.34. The van der Waals surface area contributed by atoms with Crippen molar-refractivity contribution in [1.82, 2.24) is 9.97 Å². The number of rotatable bonds is 4. The van der Waals surface area contributed by atoms with Gasteiger partial charge in [-0.15, -0.1) is 0 Å². The van der Waals surface area contributed by atoms with E-state index in [1.165, 1.54) is 5.56 Å². The second-order valence-electron chi connectivity index (χ2n) is 6.32. The maximum absolute atomic E-state index is 4.67. The van der Waals surface area contributed by atoms with Crippen LogP contribution in [0.25, 0.3) is 22.9 Å². The number of aromatic nitrogens is 2. The number of hydrogen-bond acceptors (Lipinski definition) is 3. The van der Waals surface area contributed by atoms with E-state index in [0.717, 1.165) is 37.9 Å². The largest absolute Gasteiger partial charge is 0.340 e. The van der Waals surface area contributed by atoms with Crippen molar-refractivity contribution in [2.45, 2.75) is 6.92 Å². The average Bonchev–Trinajstić information content (AvgIpc) is 2.71. The van der Waals surface area contributed by atoms with Crippen molar-refractivity contribution in [3.05, 3.63) is 94.4 Å². The van der Waals surface area contributed by atoms with Gasteiger partial charge in [-0.3, -0.25) is 4.98 Å². The summed E-state index contributed by atoms with van der Waals surface area (Å²) in [5.74, 6) is 0.847. The van der Waals surface area contributed by atoms with Crippen LogP contribution in [0.5, 0.6) is 0 Å². The summed E-state index contributed by atoms with van der Waals surface area (Å²) in [6, 6.07) is 18.5. The van der Waals surface area contributed by atoms with Crippen LogP contribution in [0.2, 0.25) is 0 Å². The quantitative estimate of drug-likeness (QED) is 0.407. The van der Waals surface area contributed by atoms with E-state index in [1.807, 2.05) is 30.6 Å². The highest BCUT2D eigenvalue weighted by Gasteiger charge is 2.07. The summed E-state index contributed by atoms with van der Waals surface area (Å²) in [4.78, 5) is 8.83. The third-order valence-corrected chi connectivity index (χ3v) is 5.25. The fraction of sp³-hybridized carbons (Fsp3) is 0.0435. The zero-order valence-electron chi connectivity index (χ0n) is 14.9. The zero-order chi connectivity index (χ0) is 18.6. The molecule has 0 aliphatic carbocycles. The van der Waals surface area contributed by atoms with Crippen molar-refractivity contribution < 1.29 is 0 Å². The van der Waals surface area contributed by atoms with E-state index in [4.69, 9.17) is 0 Å². The molecule has 0 atom stereocenters. The molecule has 0 amide bonds. The van der Waals surface area contributed by atoms with Crippen LogP contribution in [0.4, 0.5) is 11.5 Å². The summed E-state index contributed by atoms with van der Waals surface area (Å²) < 4.78 is 1.08. The first kappa shape index (κ1) is 17.4. The standard InChI is InChI=1S/C23H18BrN3/c1-16-8-11-19(13-22(16)24)27-23-21-7-3-2-6-20(21)18(15-26-23)10-9-17-5-4-12-25-14-17/h2-15H,1H3,(H,26,27)/b10-9-. The van der Waals surface area contributed by atoms with Crippen molar-refractivity contribution in [3.8, 4) is 0 Å². The van der Waals surface area contributed by atoms with Gasteiger partial charge >= 0.3 is 0 Å². The fourth-order valence-electron chi connectivity index (χ4n) is 2.91. The van der Waals surface area contributed by atoms with Gasteiger partial charge in [-0.05, 0) is 41.6 Å². The van der Waals surface area contributed by atoms with Crippen LogP contribution in [-0.2, 0) is 0 Å². The molecule has 0 fully saturated rings. The minimum absolute atomic E-state index is 0.847. The minimum Gasteiger partial charge on any atom is -0.340 e. The maximum atomic E-state index is 4.67. The summed E-state index contributed by atoms with van der Waals surface area (Å²) in [6.45, 7) is 2.07. The van der Waals surface area contributed by atoms with Crippen LogP contribution in [-0.4, -0.2) is 9.97 Å². The van der Waals surface area contributed by atoms with Gasteiger partial charge in [-0.1, -0.05) is 64.5 Å². The molecule has 0 spiro atoms. The Morgan fingerprint density at radius 1 is 0.926 bits per heavy atom. The molecule has 4 aromatic rings. The van der Waals surface area contributed by atoms with Crippen molar-refractivity contribution in [3.63, 3.8) is 0 Å². The number of nitrogens with one attached hydrogen (secondary N) is 1. The third-order valence-electron chi connectivity index (χ3n) is 4.40. The number of halogens is 1. The van der Waals surface area contributed by atoms with Crippen molar-refractivity contribution in [1.29, 1.82) is 0 Å². The smallest absolute Gasteiger partial charge is 0.138 e. The molecule has 4 rings (SSSR count). The van der Waals surface area contributed by atoms with Gasteiger partial charge in [-0.2, -0.15) is 0 Å². The molecule has 0 unspecified atom stereocenters. The number of nitrogens with zero attached hydrogens (tertiary/aromatic N) is 2. The van der Waals surface area contributed by atoms with Crippen LogP contribution in [0.1, 0.15) is 16.7 Å². The Balaban J connectivity index is 1.72. The molecule has 0 aliphatic rings. The zero-order valence-corrected chi connectivity index (χ0v) is 16.4. The van der Waals surface area contributed by atoms with Gasteiger partial charge in [-0.25, -0.2) is 4.98 Å². The number of hydrogen-bond donors (Lipinski definition) is 1. The molecule has 0 radical (unpaired) electrons. The van der Waals surface area contributed by atoms with E-state index in [0.29, 0.717) is 0 Å². The SMILES string of the molecule is Cc1ccc(Nc2ncc(/C=C\c3cccnc3)c3ccccc23)cc1Br. The average molecular weight is 416 g/mol. The van der Waals surface area contributed by atoms with Gasteiger partial charge in [0.2, 0.25) is 0 Å². The van der Waals surface area contributed by atoms with Gasteiger partial charge in [0.25, 0.3) is 0 Å². The molecule has 0 bridgehead atoms. The predicted molar refractivity (Wildman–Crippen MR) is 117 cm³/mol. The Morgan fingerprint density at radius 3 is 2.56 bits per heavy atom. The summed E-state index contributed by atoms with van der Waals surface area (Å²) in [6.07, 6.45) is 9.66. The second-order valence-corrected chi connectivity index (χ2v) is 7.17. The molecule has 0 saturated heterocycles. The van der Waals surface area contributed by atoms with Crippen LogP contribution in [0, 0.1) is 6.92 Å². The van der Waals surface area contributed by atoms with Gasteiger partial charge in [0, 0.05) is 39.7 Å². The van der Waals surface area contributed by atoms with Crippen molar-refractivity contribution in [2.75, 3.05) is 5.32 Å². The van der Waals surface area contributed by atoms with Crippen LogP contribution < -0.4 is 5.32 Å². The number of aryl methyl sites for hydroxylation is 1. The highest BCUT2D eigenvalue weighted by Crippen LogP contribution is 2.29. The van der Waals surface area contributed by atoms with E-state index >= 15 is 0 Å². The molecule has 27 heavy (non-hydrogen) atoms. The molecule has 0 aliphatic heterocycles. The molecular weight excluding hydrogens is 398 g/mol. The van der Waals surface area contributed by atoms with E-state index in [9.17, 15) is 0 Å². The Hall–Kier alpha value is -2.98. The van der Waals surface area contributed by atoms with Gasteiger partial charge in [0.15, 0.2) is 0 Å². The monoisotopic (exact) mass is 415 g/mol. The summed E-state index contributed by atoms with van der Waals surface area (Å²) >= 11 is 3.59. The van der Waals surface area contributed by atoms with Crippen molar-refractivity contribution >= 4 is 50.4 Å². The number of anilines is 2. The first-order valence-electron chi connectivity index (χ1n) is 8.70. The van der Waals surface area contributed by atoms with Crippen molar-refractivity contribution in [2.24, 2.45) is 0 Å². The Kier molecular flexibility index (Phi) is 4.99. The first-order chi connectivity index (χ1) is 13.2. The first-order valence-corrected chi connectivity index (χ1v) is 9.49. The van der Waals surface area contributed by atoms with Gasteiger partial charge in [0.1, 0.15) is 5.82 Å². The molecule has 4 heteroatoms. The topological polar surface area (TPSA) is 37.8 Å². The molecule has 2 heterocycles. The normalized spacial score (nSPS) is 11.2. The lowest BCUT2D eigenvalue weighted by Crippen LogP contribution is -1.96. The van der Waals surface area contributed by atoms with Crippen LogP contribution in [0.15, 0.2) is 77.7 Å². The second kappa shape index (κ2) is 7.72. The number of benzene rings is 2. The highest BCUT2D eigenvalue weighted by molar-refractivity contribution is 9.10. The van der Waals surface area contributed by atoms with Crippen LogP contribution in [0.3, 0.4) is 0 Å². The van der Waals surface area contributed by atoms with E-state index in [2.05, 4.69) is 86.7 Å². The molecular formula is C23H18BrN3. The third kappa shape index (κ3) is 3.91. The lowest BCUT2D eigenvalue weighted by Gasteiger charge is -2.11. The summed E-state index contributed by atoms with van der Waals surface area (Å²) in [7, 11) is 0. The lowest BCUT2D eigenvalue weighted by atomic mass is 10.1. The molecule has 1 N–H and O–H groups in total. The molecule has 3 nitrogen and oxygen atoms in total. The molecule has 132 valence electrons. The maximum Gasteiger partial charge on any atom is 0.138 e. The number of pyridine rings is 2. The molecule has 2 aromatic heterocycles. The Labute approximate surface area is 166 Å². The minimum atomic E-state index is 0.847. The van der Waals surface area contributed by atoms with Gasteiger partial charge < -0.3 is 5.32 Å². The van der Waals surface area contributed by atoms with Gasteiger partial charge in [0.05, 0.1) is 0 Å². The Bertz CT molecular complexity index is 1120.